The van der Waals surface area contributed by atoms with Crippen molar-refractivity contribution >= 4 is 11.4 Å². The number of nitriles is 1. The number of anilines is 2. The van der Waals surface area contributed by atoms with Gasteiger partial charge in [0, 0.05) is 17.9 Å². The predicted molar refractivity (Wildman–Crippen MR) is 60.3 cm³/mol. The molecule has 0 aliphatic rings. The number of rotatable bonds is 4. The molecule has 0 aliphatic heterocycles. The molecule has 15 heavy (non-hydrogen) atoms. The molecule has 0 radical (unpaired) electrons. The molecule has 4 N–H and O–H groups in total. The van der Waals surface area contributed by atoms with Gasteiger partial charge >= 0.3 is 0 Å². The summed E-state index contributed by atoms with van der Waals surface area (Å²) in [6, 6.07) is 7.49. The van der Waals surface area contributed by atoms with Crippen LogP contribution in [0.3, 0.4) is 0 Å². The molecule has 0 saturated carbocycles. The van der Waals surface area contributed by atoms with Crippen LogP contribution in [0.15, 0.2) is 18.2 Å². The van der Waals surface area contributed by atoms with Gasteiger partial charge in [0.2, 0.25) is 0 Å². The molecule has 0 amide bonds. The van der Waals surface area contributed by atoms with E-state index in [1.165, 1.54) is 0 Å². The summed E-state index contributed by atoms with van der Waals surface area (Å²) < 4.78 is 0. The van der Waals surface area contributed by atoms with E-state index < -0.39 is 6.10 Å². The van der Waals surface area contributed by atoms with Crippen LogP contribution in [-0.4, -0.2) is 17.8 Å². The number of aliphatic hydroxyl groups excluding tert-OH is 1. The molecule has 0 saturated heterocycles. The lowest BCUT2D eigenvalue weighted by atomic mass is 10.1. The van der Waals surface area contributed by atoms with Gasteiger partial charge < -0.3 is 16.2 Å². The van der Waals surface area contributed by atoms with E-state index in [2.05, 4.69) is 11.4 Å². The van der Waals surface area contributed by atoms with E-state index in [1.807, 2.05) is 12.1 Å². The summed E-state index contributed by atoms with van der Waals surface area (Å²) in [6.45, 7) is 2.19. The fourth-order valence-corrected chi connectivity index (χ4v) is 1.22. The number of hydrogen-bond donors (Lipinski definition) is 3. The number of aliphatic hydroxyl groups is 1. The number of hydrogen-bond acceptors (Lipinski definition) is 4. The SMILES string of the molecule is CC(O)CNc1ccc(N)c(CC#N)c1. The minimum atomic E-state index is -0.401. The van der Waals surface area contributed by atoms with Crippen LogP contribution in [0.2, 0.25) is 0 Å². The molecule has 4 heteroatoms. The van der Waals surface area contributed by atoms with E-state index in [9.17, 15) is 0 Å². The second kappa shape index (κ2) is 5.23. The van der Waals surface area contributed by atoms with Gasteiger partial charge in [-0.1, -0.05) is 0 Å². The molecule has 1 atom stereocenters. The summed E-state index contributed by atoms with van der Waals surface area (Å²) in [4.78, 5) is 0. The monoisotopic (exact) mass is 205 g/mol. The maximum atomic E-state index is 9.10. The number of nitrogens with two attached hydrogens (primary N) is 1. The van der Waals surface area contributed by atoms with Gasteiger partial charge in [-0.05, 0) is 30.7 Å². The van der Waals surface area contributed by atoms with Crippen LogP contribution in [0.5, 0.6) is 0 Å². The Hall–Kier alpha value is -1.73. The largest absolute Gasteiger partial charge is 0.398 e. The van der Waals surface area contributed by atoms with Crippen molar-refractivity contribution in [3.8, 4) is 6.07 Å². The van der Waals surface area contributed by atoms with E-state index in [-0.39, 0.29) is 0 Å². The maximum Gasteiger partial charge on any atom is 0.0684 e. The standard InChI is InChI=1S/C11H15N3O/c1-8(15)7-14-10-2-3-11(13)9(6-10)4-5-12/h2-3,6,8,14-15H,4,7,13H2,1H3. The Kier molecular flexibility index (Phi) is 3.95. The van der Waals surface area contributed by atoms with Crippen molar-refractivity contribution in [1.82, 2.24) is 0 Å². The molecule has 1 aromatic carbocycles. The third-order valence-corrected chi connectivity index (χ3v) is 2.01. The highest BCUT2D eigenvalue weighted by atomic mass is 16.3. The second-order valence-corrected chi connectivity index (χ2v) is 3.48. The van der Waals surface area contributed by atoms with E-state index in [1.54, 1.807) is 13.0 Å². The molecular weight excluding hydrogens is 190 g/mol. The van der Waals surface area contributed by atoms with E-state index in [0.717, 1.165) is 11.3 Å². The van der Waals surface area contributed by atoms with Gasteiger partial charge in [-0.25, -0.2) is 0 Å². The topological polar surface area (TPSA) is 82.1 Å². The summed E-state index contributed by atoms with van der Waals surface area (Å²) in [6.07, 6.45) is -0.0993. The van der Waals surface area contributed by atoms with Crippen LogP contribution in [0, 0.1) is 11.3 Å². The fourth-order valence-electron chi connectivity index (χ4n) is 1.22. The first-order valence-corrected chi connectivity index (χ1v) is 4.80. The van der Waals surface area contributed by atoms with Gasteiger partial charge in [0.1, 0.15) is 0 Å². The molecule has 1 aromatic rings. The van der Waals surface area contributed by atoms with E-state index in [4.69, 9.17) is 16.1 Å². The van der Waals surface area contributed by atoms with Gasteiger partial charge in [-0.3, -0.25) is 0 Å². The molecule has 0 bridgehead atoms. The maximum absolute atomic E-state index is 9.10. The smallest absolute Gasteiger partial charge is 0.0684 e. The van der Waals surface area contributed by atoms with Crippen molar-refractivity contribution in [2.45, 2.75) is 19.4 Å². The van der Waals surface area contributed by atoms with Gasteiger partial charge in [-0.15, -0.1) is 0 Å². The Morgan fingerprint density at radius 3 is 2.93 bits per heavy atom. The van der Waals surface area contributed by atoms with Crippen LogP contribution in [0.1, 0.15) is 12.5 Å². The van der Waals surface area contributed by atoms with Crippen molar-refractivity contribution in [3.05, 3.63) is 23.8 Å². The molecule has 1 rings (SSSR count). The average molecular weight is 205 g/mol. The van der Waals surface area contributed by atoms with Crippen LogP contribution in [-0.2, 0) is 6.42 Å². The zero-order chi connectivity index (χ0) is 11.3. The lowest BCUT2D eigenvalue weighted by Crippen LogP contribution is -2.15. The fraction of sp³-hybridized carbons (Fsp3) is 0.364. The highest BCUT2D eigenvalue weighted by Gasteiger charge is 2.01. The quantitative estimate of drug-likeness (QED) is 0.643. The molecule has 0 heterocycles. The van der Waals surface area contributed by atoms with Gasteiger partial charge in [-0.2, -0.15) is 5.26 Å². The Morgan fingerprint density at radius 2 is 2.33 bits per heavy atom. The zero-order valence-electron chi connectivity index (χ0n) is 8.70. The minimum absolute atomic E-state index is 0.302. The molecule has 0 aliphatic carbocycles. The molecule has 1 unspecified atom stereocenters. The Labute approximate surface area is 89.3 Å². The number of nitrogens with zero attached hydrogens (tertiary/aromatic N) is 1. The highest BCUT2D eigenvalue weighted by molar-refractivity contribution is 5.58. The number of benzene rings is 1. The van der Waals surface area contributed by atoms with Crippen molar-refractivity contribution in [1.29, 1.82) is 5.26 Å². The van der Waals surface area contributed by atoms with Crippen LogP contribution in [0.25, 0.3) is 0 Å². The molecule has 0 fully saturated rings. The first-order valence-electron chi connectivity index (χ1n) is 4.80. The molecule has 4 nitrogen and oxygen atoms in total. The summed E-state index contributed by atoms with van der Waals surface area (Å²) in [7, 11) is 0. The Morgan fingerprint density at radius 1 is 1.60 bits per heavy atom. The Bertz CT molecular complexity index is 369. The van der Waals surface area contributed by atoms with Crippen molar-refractivity contribution in [2.75, 3.05) is 17.6 Å². The van der Waals surface area contributed by atoms with Crippen molar-refractivity contribution in [2.24, 2.45) is 0 Å². The van der Waals surface area contributed by atoms with Gasteiger partial charge in [0.25, 0.3) is 0 Å². The minimum Gasteiger partial charge on any atom is -0.398 e. The highest BCUT2D eigenvalue weighted by Crippen LogP contribution is 2.18. The van der Waals surface area contributed by atoms with Gasteiger partial charge in [0.05, 0.1) is 18.6 Å². The normalized spacial score (nSPS) is 11.8. The molecule has 80 valence electrons. The van der Waals surface area contributed by atoms with Gasteiger partial charge in [0.15, 0.2) is 0 Å². The zero-order valence-corrected chi connectivity index (χ0v) is 8.70. The number of nitrogens with one attached hydrogen (secondary N) is 1. The lowest BCUT2D eigenvalue weighted by molar-refractivity contribution is 0.208. The summed E-state index contributed by atoms with van der Waals surface area (Å²) >= 11 is 0. The first-order chi connectivity index (χ1) is 7.13. The van der Waals surface area contributed by atoms with E-state index in [0.29, 0.717) is 18.7 Å². The third-order valence-electron chi connectivity index (χ3n) is 2.01. The second-order valence-electron chi connectivity index (χ2n) is 3.48. The van der Waals surface area contributed by atoms with Crippen LogP contribution in [0.4, 0.5) is 11.4 Å². The first kappa shape index (κ1) is 11.3. The molecule has 0 spiro atoms. The third kappa shape index (κ3) is 3.49. The van der Waals surface area contributed by atoms with Crippen LogP contribution >= 0.6 is 0 Å². The molecular formula is C11H15N3O. The average Bonchev–Trinajstić information content (AvgIpc) is 2.19. The summed E-state index contributed by atoms with van der Waals surface area (Å²) in [5.74, 6) is 0. The van der Waals surface area contributed by atoms with Crippen LogP contribution < -0.4 is 11.1 Å². The van der Waals surface area contributed by atoms with E-state index >= 15 is 0 Å². The predicted octanol–water partition coefficient (Wildman–Crippen LogP) is 1.13. The Balaban J connectivity index is 2.74. The van der Waals surface area contributed by atoms with Crippen molar-refractivity contribution in [3.63, 3.8) is 0 Å². The molecule has 0 aromatic heterocycles. The van der Waals surface area contributed by atoms with Crippen molar-refractivity contribution < 1.29 is 5.11 Å². The summed E-state index contributed by atoms with van der Waals surface area (Å²) in [5, 5.41) is 20.7. The summed E-state index contributed by atoms with van der Waals surface area (Å²) in [5.41, 5.74) is 8.01. The lowest BCUT2D eigenvalue weighted by Gasteiger charge is -2.10. The number of nitrogen functional groups attached to an aromatic ring is 1.